The van der Waals surface area contributed by atoms with Crippen molar-refractivity contribution in [2.45, 2.75) is 37.7 Å². The molecule has 1 aromatic rings. The number of anilines is 1. The predicted molar refractivity (Wildman–Crippen MR) is 69.3 cm³/mol. The smallest absolute Gasteiger partial charge is 0.267 e. The molecule has 0 atom stereocenters. The number of aliphatic hydroxyl groups is 1. The Morgan fingerprint density at radius 2 is 2.17 bits per heavy atom. The number of pyridine rings is 1. The Hall–Kier alpha value is -1.62. The van der Waals surface area contributed by atoms with Gasteiger partial charge in [0.25, 0.3) is 5.91 Å². The van der Waals surface area contributed by atoms with E-state index in [9.17, 15) is 9.90 Å². The molecule has 0 aliphatic heterocycles. The molecule has 0 saturated heterocycles. The van der Waals surface area contributed by atoms with E-state index in [0.717, 1.165) is 31.4 Å². The lowest BCUT2D eigenvalue weighted by molar-refractivity contribution is 0.0167. The number of nitrogens with one attached hydrogen (secondary N) is 1. The summed E-state index contributed by atoms with van der Waals surface area (Å²) in [5.41, 5.74) is 5.53. The first-order valence-corrected chi connectivity index (χ1v) is 6.31. The van der Waals surface area contributed by atoms with Gasteiger partial charge < -0.3 is 16.2 Å². The third-order valence-electron chi connectivity index (χ3n) is 3.42. The summed E-state index contributed by atoms with van der Waals surface area (Å²) in [6.45, 7) is 0.495. The number of hydrogen-bond donors (Lipinski definition) is 3. The molecular weight excluding hydrogens is 230 g/mol. The summed E-state index contributed by atoms with van der Waals surface area (Å²) in [4.78, 5) is 14.9. The molecule has 0 aromatic carbocycles. The van der Waals surface area contributed by atoms with Crippen LogP contribution in [0.15, 0.2) is 18.3 Å². The molecule has 0 unspecified atom stereocenters. The summed E-state index contributed by atoms with van der Waals surface area (Å²) >= 11 is 0. The van der Waals surface area contributed by atoms with Crippen molar-refractivity contribution in [2.24, 2.45) is 5.73 Å². The second kappa shape index (κ2) is 5.35. The van der Waals surface area contributed by atoms with Crippen molar-refractivity contribution in [3.8, 4) is 0 Å². The highest BCUT2D eigenvalue weighted by atomic mass is 16.3. The number of aromatic nitrogens is 1. The number of rotatable bonds is 4. The number of carbonyl (C=O) groups excluding carboxylic acids is 1. The Bertz CT molecular complexity index is 428. The molecular formula is C13H19N3O2. The zero-order valence-corrected chi connectivity index (χ0v) is 10.4. The van der Waals surface area contributed by atoms with E-state index in [1.165, 1.54) is 12.6 Å². The standard InChI is InChI=1S/C13H19N3O2/c14-12(17)11-8-10(4-7-15-11)16-9-13(18)5-2-1-3-6-13/h4,7-8,18H,1-3,5-6,9H2,(H2,14,17)(H,15,16). The van der Waals surface area contributed by atoms with Gasteiger partial charge in [0.2, 0.25) is 0 Å². The molecule has 1 heterocycles. The van der Waals surface area contributed by atoms with Crippen LogP contribution in [0.3, 0.4) is 0 Å². The molecule has 1 aliphatic carbocycles. The van der Waals surface area contributed by atoms with Crippen molar-refractivity contribution < 1.29 is 9.90 Å². The van der Waals surface area contributed by atoms with Crippen molar-refractivity contribution in [1.82, 2.24) is 4.98 Å². The maximum absolute atomic E-state index is 11.0. The number of hydrogen-bond acceptors (Lipinski definition) is 4. The molecule has 1 fully saturated rings. The third kappa shape index (κ3) is 3.20. The van der Waals surface area contributed by atoms with Crippen LogP contribution in [0.5, 0.6) is 0 Å². The number of amides is 1. The highest BCUT2D eigenvalue weighted by Crippen LogP contribution is 2.28. The van der Waals surface area contributed by atoms with Crippen molar-refractivity contribution >= 4 is 11.6 Å². The average Bonchev–Trinajstić information content (AvgIpc) is 2.38. The van der Waals surface area contributed by atoms with Gasteiger partial charge in [0.1, 0.15) is 5.69 Å². The molecule has 1 aliphatic rings. The Labute approximate surface area is 106 Å². The lowest BCUT2D eigenvalue weighted by Gasteiger charge is -2.32. The fourth-order valence-corrected chi connectivity index (χ4v) is 2.33. The highest BCUT2D eigenvalue weighted by Gasteiger charge is 2.28. The van der Waals surface area contributed by atoms with Gasteiger partial charge in [0.15, 0.2) is 0 Å². The molecule has 5 heteroatoms. The van der Waals surface area contributed by atoms with Crippen LogP contribution in [0.4, 0.5) is 5.69 Å². The first-order valence-electron chi connectivity index (χ1n) is 6.31. The number of nitrogens with zero attached hydrogens (tertiary/aromatic N) is 1. The Morgan fingerprint density at radius 3 is 2.83 bits per heavy atom. The molecule has 0 radical (unpaired) electrons. The molecule has 2 rings (SSSR count). The topological polar surface area (TPSA) is 88.2 Å². The molecule has 1 saturated carbocycles. The van der Waals surface area contributed by atoms with Gasteiger partial charge in [-0.2, -0.15) is 0 Å². The Morgan fingerprint density at radius 1 is 1.44 bits per heavy atom. The second-order valence-corrected chi connectivity index (χ2v) is 4.93. The molecule has 0 spiro atoms. The number of nitrogens with two attached hydrogens (primary N) is 1. The first-order chi connectivity index (χ1) is 8.59. The minimum absolute atomic E-state index is 0.232. The summed E-state index contributed by atoms with van der Waals surface area (Å²) in [6, 6.07) is 3.37. The van der Waals surface area contributed by atoms with Crippen LogP contribution in [0, 0.1) is 0 Å². The van der Waals surface area contributed by atoms with Crippen LogP contribution in [0.2, 0.25) is 0 Å². The van der Waals surface area contributed by atoms with Gasteiger partial charge in [-0.15, -0.1) is 0 Å². The van der Waals surface area contributed by atoms with E-state index in [1.54, 1.807) is 12.1 Å². The third-order valence-corrected chi connectivity index (χ3v) is 3.42. The monoisotopic (exact) mass is 249 g/mol. The minimum atomic E-state index is -0.631. The quantitative estimate of drug-likeness (QED) is 0.750. The molecule has 0 bridgehead atoms. The molecule has 4 N–H and O–H groups in total. The zero-order chi connectivity index (χ0) is 13.0. The maximum Gasteiger partial charge on any atom is 0.267 e. The van der Waals surface area contributed by atoms with Crippen LogP contribution < -0.4 is 11.1 Å². The summed E-state index contributed by atoms with van der Waals surface area (Å²) in [5.74, 6) is -0.546. The lowest BCUT2D eigenvalue weighted by atomic mass is 9.85. The minimum Gasteiger partial charge on any atom is -0.388 e. The van der Waals surface area contributed by atoms with Crippen LogP contribution in [-0.4, -0.2) is 28.1 Å². The zero-order valence-electron chi connectivity index (χ0n) is 10.4. The van der Waals surface area contributed by atoms with Crippen molar-refractivity contribution in [3.63, 3.8) is 0 Å². The molecule has 5 nitrogen and oxygen atoms in total. The van der Waals surface area contributed by atoms with Crippen LogP contribution in [0.25, 0.3) is 0 Å². The number of carbonyl (C=O) groups is 1. The van der Waals surface area contributed by atoms with Crippen molar-refractivity contribution in [3.05, 3.63) is 24.0 Å². The SMILES string of the molecule is NC(=O)c1cc(NCC2(O)CCCCC2)ccn1. The van der Waals surface area contributed by atoms with Gasteiger partial charge in [0, 0.05) is 18.4 Å². The maximum atomic E-state index is 11.0. The average molecular weight is 249 g/mol. The van der Waals surface area contributed by atoms with Gasteiger partial charge in [-0.25, -0.2) is 0 Å². The van der Waals surface area contributed by atoms with E-state index in [4.69, 9.17) is 5.73 Å². The number of primary amides is 1. The predicted octanol–water partition coefficient (Wildman–Crippen LogP) is 1.29. The summed E-state index contributed by atoms with van der Waals surface area (Å²) in [7, 11) is 0. The molecule has 1 aromatic heterocycles. The van der Waals surface area contributed by atoms with Gasteiger partial charge in [-0.05, 0) is 25.0 Å². The Kier molecular flexibility index (Phi) is 3.81. The van der Waals surface area contributed by atoms with Crippen LogP contribution in [0.1, 0.15) is 42.6 Å². The van der Waals surface area contributed by atoms with E-state index in [2.05, 4.69) is 10.3 Å². The summed E-state index contributed by atoms with van der Waals surface area (Å²) in [5, 5.41) is 13.5. The lowest BCUT2D eigenvalue weighted by Crippen LogP contribution is -2.38. The van der Waals surface area contributed by atoms with Crippen LogP contribution in [-0.2, 0) is 0 Å². The van der Waals surface area contributed by atoms with Gasteiger partial charge in [-0.1, -0.05) is 19.3 Å². The summed E-state index contributed by atoms with van der Waals surface area (Å²) in [6.07, 6.45) is 6.53. The van der Waals surface area contributed by atoms with Gasteiger partial charge in [0.05, 0.1) is 5.60 Å². The first kappa shape index (κ1) is 12.8. The van der Waals surface area contributed by atoms with Crippen molar-refractivity contribution in [2.75, 3.05) is 11.9 Å². The fourth-order valence-electron chi connectivity index (χ4n) is 2.33. The normalized spacial score (nSPS) is 18.3. The molecule has 98 valence electrons. The highest BCUT2D eigenvalue weighted by molar-refractivity contribution is 5.91. The van der Waals surface area contributed by atoms with E-state index in [-0.39, 0.29) is 5.69 Å². The fraction of sp³-hybridized carbons (Fsp3) is 0.538. The largest absolute Gasteiger partial charge is 0.388 e. The Balaban J connectivity index is 1.97. The van der Waals surface area contributed by atoms with E-state index in [1.807, 2.05) is 0 Å². The van der Waals surface area contributed by atoms with E-state index < -0.39 is 11.5 Å². The summed E-state index contributed by atoms with van der Waals surface area (Å²) < 4.78 is 0. The molecule has 1 amide bonds. The van der Waals surface area contributed by atoms with Crippen molar-refractivity contribution in [1.29, 1.82) is 0 Å². The van der Waals surface area contributed by atoms with Gasteiger partial charge in [-0.3, -0.25) is 9.78 Å². The van der Waals surface area contributed by atoms with Gasteiger partial charge >= 0.3 is 0 Å². The van der Waals surface area contributed by atoms with E-state index in [0.29, 0.717) is 6.54 Å². The molecule has 18 heavy (non-hydrogen) atoms. The van der Waals surface area contributed by atoms with Crippen LogP contribution >= 0.6 is 0 Å². The van der Waals surface area contributed by atoms with E-state index >= 15 is 0 Å². The second-order valence-electron chi connectivity index (χ2n) is 4.93.